The first-order chi connectivity index (χ1) is 7.52. The second-order valence-electron chi connectivity index (χ2n) is 4.24. The molecule has 16 heavy (non-hydrogen) atoms. The Kier molecular flexibility index (Phi) is 2.57. The smallest absolute Gasteiger partial charge is 0.326 e. The van der Waals surface area contributed by atoms with E-state index in [0.29, 0.717) is 13.1 Å². The van der Waals surface area contributed by atoms with Gasteiger partial charge in [-0.2, -0.15) is 0 Å². The Labute approximate surface area is 92.8 Å². The first-order valence-corrected chi connectivity index (χ1v) is 5.36. The quantitative estimate of drug-likeness (QED) is 0.645. The van der Waals surface area contributed by atoms with Crippen LogP contribution in [0.2, 0.25) is 0 Å². The first-order valence-electron chi connectivity index (χ1n) is 5.36. The van der Waals surface area contributed by atoms with Gasteiger partial charge in [-0.3, -0.25) is 9.59 Å². The third-order valence-corrected chi connectivity index (χ3v) is 3.10. The number of hydrogen-bond donors (Lipinski definition) is 1. The molecule has 6 heteroatoms. The molecule has 0 aromatic rings. The highest BCUT2D eigenvalue weighted by Gasteiger charge is 2.42. The zero-order valence-corrected chi connectivity index (χ0v) is 9.05. The van der Waals surface area contributed by atoms with Crippen molar-refractivity contribution in [3.8, 4) is 0 Å². The van der Waals surface area contributed by atoms with E-state index in [-0.39, 0.29) is 6.04 Å². The second-order valence-corrected chi connectivity index (χ2v) is 4.24. The van der Waals surface area contributed by atoms with E-state index in [1.54, 1.807) is 4.90 Å². The van der Waals surface area contributed by atoms with Crippen LogP contribution in [0, 0.1) is 0 Å². The van der Waals surface area contributed by atoms with Crippen LogP contribution in [0.5, 0.6) is 0 Å². The topological polar surface area (TPSA) is 77.9 Å². The van der Waals surface area contributed by atoms with Gasteiger partial charge in [-0.15, -0.1) is 0 Å². The van der Waals surface area contributed by atoms with Crippen LogP contribution in [0.25, 0.3) is 0 Å². The number of aliphatic carboxylic acids is 1. The summed E-state index contributed by atoms with van der Waals surface area (Å²) in [6.45, 7) is 2.18. The number of nitrogens with zero attached hydrogens (tertiary/aromatic N) is 2. The lowest BCUT2D eigenvalue weighted by Gasteiger charge is -2.35. The molecule has 88 valence electrons. The molecule has 2 fully saturated rings. The molecule has 1 saturated heterocycles. The van der Waals surface area contributed by atoms with Gasteiger partial charge in [0.2, 0.25) is 0 Å². The summed E-state index contributed by atoms with van der Waals surface area (Å²) < 4.78 is 0. The van der Waals surface area contributed by atoms with Crippen molar-refractivity contribution in [2.24, 2.45) is 0 Å². The van der Waals surface area contributed by atoms with Crippen molar-refractivity contribution in [3.05, 3.63) is 0 Å². The number of carboxylic acid groups (broad SMARTS) is 1. The van der Waals surface area contributed by atoms with Crippen molar-refractivity contribution >= 4 is 17.8 Å². The van der Waals surface area contributed by atoms with Gasteiger partial charge in [0.25, 0.3) is 0 Å². The highest BCUT2D eigenvalue weighted by Crippen LogP contribution is 2.28. The zero-order chi connectivity index (χ0) is 11.9. The fraction of sp³-hybridized carbons (Fsp3) is 0.700. The Morgan fingerprint density at radius 2 is 1.94 bits per heavy atom. The Bertz CT molecular complexity index is 351. The molecule has 1 N–H and O–H groups in total. The molecule has 1 aliphatic carbocycles. The minimum Gasteiger partial charge on any atom is -0.480 e. The molecule has 1 saturated carbocycles. The summed E-state index contributed by atoms with van der Waals surface area (Å²) in [5, 5.41) is 8.81. The minimum atomic E-state index is -1.08. The van der Waals surface area contributed by atoms with Gasteiger partial charge in [0, 0.05) is 19.1 Å². The molecule has 0 unspecified atom stereocenters. The Hall–Kier alpha value is -1.59. The monoisotopic (exact) mass is 226 g/mol. The predicted molar refractivity (Wildman–Crippen MR) is 53.5 cm³/mol. The first kappa shape index (κ1) is 10.9. The summed E-state index contributed by atoms with van der Waals surface area (Å²) >= 11 is 0. The average molecular weight is 226 g/mol. The van der Waals surface area contributed by atoms with Crippen molar-refractivity contribution in [2.45, 2.75) is 31.8 Å². The molecular formula is C10H14N2O4. The summed E-state index contributed by atoms with van der Waals surface area (Å²) in [6, 6.07) is -0.725. The molecule has 1 aliphatic heterocycles. The van der Waals surface area contributed by atoms with E-state index in [4.69, 9.17) is 5.11 Å². The maximum absolute atomic E-state index is 11.7. The van der Waals surface area contributed by atoms with Crippen LogP contribution >= 0.6 is 0 Å². The lowest BCUT2D eigenvalue weighted by Crippen LogP contribution is -2.58. The Balaban J connectivity index is 2.07. The molecular weight excluding hydrogens is 212 g/mol. The van der Waals surface area contributed by atoms with Crippen molar-refractivity contribution in [2.75, 3.05) is 13.1 Å². The van der Waals surface area contributed by atoms with E-state index in [2.05, 4.69) is 0 Å². The highest BCUT2D eigenvalue weighted by molar-refractivity contribution is 6.35. The lowest BCUT2D eigenvalue weighted by molar-refractivity contribution is -0.162. The molecule has 0 aromatic carbocycles. The van der Waals surface area contributed by atoms with Crippen LogP contribution in [-0.2, 0) is 14.4 Å². The van der Waals surface area contributed by atoms with Gasteiger partial charge in [0.1, 0.15) is 6.04 Å². The van der Waals surface area contributed by atoms with Crippen LogP contribution in [0.15, 0.2) is 0 Å². The molecule has 2 amide bonds. The Morgan fingerprint density at radius 1 is 1.31 bits per heavy atom. The van der Waals surface area contributed by atoms with Crippen LogP contribution < -0.4 is 0 Å². The lowest BCUT2D eigenvalue weighted by atomic mass is 10.2. The van der Waals surface area contributed by atoms with E-state index in [1.807, 2.05) is 0 Å². The minimum absolute atomic E-state index is 0.207. The predicted octanol–water partition coefficient (Wildman–Crippen LogP) is -0.707. The summed E-state index contributed by atoms with van der Waals surface area (Å²) in [7, 11) is 0. The van der Waals surface area contributed by atoms with Gasteiger partial charge in [-0.1, -0.05) is 0 Å². The molecule has 0 spiro atoms. The van der Waals surface area contributed by atoms with E-state index in [1.165, 1.54) is 6.92 Å². The SMILES string of the molecule is C[C@@H](C(=O)O)N1CCN(C2CC2)C(=O)C1=O. The number of rotatable bonds is 3. The zero-order valence-electron chi connectivity index (χ0n) is 9.05. The van der Waals surface area contributed by atoms with Crippen molar-refractivity contribution in [1.29, 1.82) is 0 Å². The third kappa shape index (κ3) is 1.75. The normalized spacial score (nSPS) is 23.6. The van der Waals surface area contributed by atoms with Crippen molar-refractivity contribution < 1.29 is 19.5 Å². The summed E-state index contributed by atoms with van der Waals surface area (Å²) in [5.74, 6) is -2.32. The number of carbonyl (C=O) groups is 3. The van der Waals surface area contributed by atoms with Crippen LogP contribution in [-0.4, -0.2) is 57.9 Å². The molecule has 0 aromatic heterocycles. The molecule has 1 atom stereocenters. The van der Waals surface area contributed by atoms with Gasteiger partial charge in [0.15, 0.2) is 0 Å². The molecule has 0 bridgehead atoms. The average Bonchev–Trinajstić information content (AvgIpc) is 3.04. The maximum Gasteiger partial charge on any atom is 0.326 e. The van der Waals surface area contributed by atoms with Crippen molar-refractivity contribution in [3.63, 3.8) is 0 Å². The van der Waals surface area contributed by atoms with E-state index >= 15 is 0 Å². The van der Waals surface area contributed by atoms with Crippen LogP contribution in [0.4, 0.5) is 0 Å². The van der Waals surface area contributed by atoms with E-state index in [0.717, 1.165) is 17.7 Å². The molecule has 6 nitrogen and oxygen atoms in total. The van der Waals surface area contributed by atoms with Gasteiger partial charge in [0.05, 0.1) is 0 Å². The number of piperazine rings is 1. The molecule has 0 radical (unpaired) electrons. The van der Waals surface area contributed by atoms with Gasteiger partial charge in [-0.05, 0) is 19.8 Å². The standard InChI is InChI=1S/C10H14N2O4/c1-6(10(15)16)11-4-5-12(7-2-3-7)9(14)8(11)13/h6-7H,2-5H2,1H3,(H,15,16)/t6-/m0/s1. The molecule has 2 rings (SSSR count). The van der Waals surface area contributed by atoms with Crippen molar-refractivity contribution in [1.82, 2.24) is 9.80 Å². The maximum atomic E-state index is 11.7. The largest absolute Gasteiger partial charge is 0.480 e. The summed E-state index contributed by atoms with van der Waals surface area (Å²) in [4.78, 5) is 36.8. The van der Waals surface area contributed by atoms with Gasteiger partial charge >= 0.3 is 17.8 Å². The van der Waals surface area contributed by atoms with E-state index in [9.17, 15) is 14.4 Å². The fourth-order valence-electron chi connectivity index (χ4n) is 1.90. The number of carboxylic acids is 1. The second kappa shape index (κ2) is 3.77. The molecule has 1 heterocycles. The Morgan fingerprint density at radius 3 is 2.44 bits per heavy atom. The van der Waals surface area contributed by atoms with Gasteiger partial charge < -0.3 is 14.9 Å². The van der Waals surface area contributed by atoms with Crippen LogP contribution in [0.3, 0.4) is 0 Å². The fourth-order valence-corrected chi connectivity index (χ4v) is 1.90. The highest BCUT2D eigenvalue weighted by atomic mass is 16.4. The molecule has 2 aliphatic rings. The van der Waals surface area contributed by atoms with E-state index < -0.39 is 23.8 Å². The number of amides is 2. The van der Waals surface area contributed by atoms with Gasteiger partial charge in [-0.25, -0.2) is 4.79 Å². The van der Waals surface area contributed by atoms with Crippen LogP contribution in [0.1, 0.15) is 19.8 Å². The summed E-state index contributed by atoms with van der Waals surface area (Å²) in [6.07, 6.45) is 1.90. The number of carbonyl (C=O) groups excluding carboxylic acids is 2. The number of hydrogen-bond acceptors (Lipinski definition) is 3. The third-order valence-electron chi connectivity index (χ3n) is 3.10. The summed E-state index contributed by atoms with van der Waals surface area (Å²) in [5.41, 5.74) is 0.